The van der Waals surface area contributed by atoms with Crippen molar-refractivity contribution in [2.45, 2.75) is 17.7 Å². The van der Waals surface area contributed by atoms with Crippen molar-refractivity contribution in [3.8, 4) is 17.6 Å². The number of halogens is 2. The van der Waals surface area contributed by atoms with E-state index in [-0.39, 0.29) is 16.2 Å². The van der Waals surface area contributed by atoms with Gasteiger partial charge in [-0.1, -0.05) is 41.4 Å². The van der Waals surface area contributed by atoms with E-state index in [1.54, 1.807) is 43.3 Å². The molecule has 3 rings (SSSR count). The van der Waals surface area contributed by atoms with Crippen LogP contribution in [0.25, 0.3) is 0 Å². The lowest BCUT2D eigenvalue weighted by molar-refractivity contribution is 0.102. The topological polar surface area (TPSA) is 93.4 Å². The van der Waals surface area contributed by atoms with Crippen molar-refractivity contribution < 1.29 is 15.0 Å². The number of hydrogen-bond acceptors (Lipinski definition) is 5. The Kier molecular flexibility index (Phi) is 6.47. The number of anilines is 1. The van der Waals surface area contributed by atoms with Gasteiger partial charge in [0.2, 0.25) is 0 Å². The lowest BCUT2D eigenvalue weighted by atomic mass is 9.91. The lowest BCUT2D eigenvalue weighted by Gasteiger charge is -2.16. The van der Waals surface area contributed by atoms with Crippen molar-refractivity contribution >= 4 is 47.4 Å². The minimum Gasteiger partial charge on any atom is -0.504 e. The van der Waals surface area contributed by atoms with Gasteiger partial charge in [0.05, 0.1) is 22.4 Å². The molecule has 1 atom stereocenters. The molecule has 0 radical (unpaired) electrons. The van der Waals surface area contributed by atoms with E-state index >= 15 is 0 Å². The van der Waals surface area contributed by atoms with E-state index in [0.29, 0.717) is 26.9 Å². The number of rotatable bonds is 4. The van der Waals surface area contributed by atoms with Crippen LogP contribution in [-0.4, -0.2) is 16.1 Å². The number of phenols is 2. The number of phenolic OH excluding ortho intramolecular Hbond substituents is 2. The molecule has 30 heavy (non-hydrogen) atoms. The van der Waals surface area contributed by atoms with Crippen molar-refractivity contribution in [2.75, 3.05) is 5.32 Å². The average Bonchev–Trinajstić information content (AvgIpc) is 2.71. The fourth-order valence-corrected chi connectivity index (χ4v) is 3.67. The molecule has 0 aliphatic rings. The number of aromatic hydroxyl groups is 2. The van der Waals surface area contributed by atoms with E-state index in [4.69, 9.17) is 23.2 Å². The monoisotopic (exact) mass is 458 g/mol. The molecule has 0 fully saturated rings. The highest BCUT2D eigenvalue weighted by atomic mass is 35.5. The lowest BCUT2D eigenvalue weighted by Crippen LogP contribution is -2.14. The maximum Gasteiger partial charge on any atom is 0.256 e. The number of hydrogen-bond donors (Lipinski definition) is 4. The molecule has 5 nitrogen and oxygen atoms in total. The first-order valence-corrected chi connectivity index (χ1v) is 9.93. The standard InChI is InChI=1S/C22H16Cl2N2O3S/c1-11-8-15(16(10-25)12-2-4-13(23)5-3-12)17(24)9-18(11)26-22(29)14-6-7-19(27)20(28)21(14)30/h2-9,16,27-28,30H,1H3,(H,26,29). The molecule has 0 saturated heterocycles. The van der Waals surface area contributed by atoms with Crippen LogP contribution < -0.4 is 5.32 Å². The summed E-state index contributed by atoms with van der Waals surface area (Å²) in [6, 6.07) is 15.1. The minimum atomic E-state index is -0.601. The average molecular weight is 459 g/mol. The predicted octanol–water partition coefficient (Wildman–Crippen LogP) is 5.91. The summed E-state index contributed by atoms with van der Waals surface area (Å²) >= 11 is 16.5. The van der Waals surface area contributed by atoms with Gasteiger partial charge < -0.3 is 15.5 Å². The smallest absolute Gasteiger partial charge is 0.256 e. The molecule has 152 valence electrons. The summed E-state index contributed by atoms with van der Waals surface area (Å²) in [6.45, 7) is 1.78. The zero-order valence-electron chi connectivity index (χ0n) is 15.6. The van der Waals surface area contributed by atoms with Crippen molar-refractivity contribution in [1.29, 1.82) is 5.26 Å². The van der Waals surface area contributed by atoms with Crippen LogP contribution in [-0.2, 0) is 0 Å². The Bertz CT molecular complexity index is 1170. The Morgan fingerprint density at radius 3 is 2.43 bits per heavy atom. The third-order valence-corrected chi connectivity index (χ3v) is 5.64. The summed E-state index contributed by atoms with van der Waals surface area (Å²) in [5.41, 5.74) is 2.58. The van der Waals surface area contributed by atoms with Gasteiger partial charge >= 0.3 is 0 Å². The summed E-state index contributed by atoms with van der Waals surface area (Å²) in [5.74, 6) is -1.98. The van der Waals surface area contributed by atoms with Crippen molar-refractivity contribution in [3.63, 3.8) is 0 Å². The molecular weight excluding hydrogens is 443 g/mol. The summed E-state index contributed by atoms with van der Waals surface area (Å²) in [7, 11) is 0. The van der Waals surface area contributed by atoms with Gasteiger partial charge in [-0.2, -0.15) is 5.26 Å². The number of nitriles is 1. The Morgan fingerprint density at radius 1 is 1.13 bits per heavy atom. The van der Waals surface area contributed by atoms with Crippen LogP contribution in [0, 0.1) is 18.3 Å². The van der Waals surface area contributed by atoms with Gasteiger partial charge in [0.15, 0.2) is 11.5 Å². The summed E-state index contributed by atoms with van der Waals surface area (Å²) in [6.07, 6.45) is 0. The van der Waals surface area contributed by atoms with Crippen LogP contribution in [0.4, 0.5) is 5.69 Å². The van der Waals surface area contributed by atoms with E-state index in [0.717, 1.165) is 5.56 Å². The highest BCUT2D eigenvalue weighted by Crippen LogP contribution is 2.36. The molecule has 0 aromatic heterocycles. The third kappa shape index (κ3) is 4.34. The first kappa shape index (κ1) is 21.8. The number of amides is 1. The van der Waals surface area contributed by atoms with Crippen molar-refractivity contribution in [1.82, 2.24) is 0 Å². The van der Waals surface area contributed by atoms with Gasteiger partial charge in [0.1, 0.15) is 0 Å². The number of nitrogens with zero attached hydrogens (tertiary/aromatic N) is 1. The second-order valence-corrected chi connectivity index (χ2v) is 7.88. The summed E-state index contributed by atoms with van der Waals surface area (Å²) < 4.78 is 0. The first-order valence-electron chi connectivity index (χ1n) is 8.73. The Hall–Kier alpha value is -2.85. The third-order valence-electron chi connectivity index (χ3n) is 4.61. The van der Waals surface area contributed by atoms with Gasteiger partial charge in [0.25, 0.3) is 5.91 Å². The fourth-order valence-electron chi connectivity index (χ4n) is 2.98. The largest absolute Gasteiger partial charge is 0.504 e. The van der Waals surface area contributed by atoms with E-state index in [2.05, 4.69) is 24.0 Å². The van der Waals surface area contributed by atoms with Gasteiger partial charge in [0, 0.05) is 15.7 Å². The van der Waals surface area contributed by atoms with Crippen LogP contribution in [0.5, 0.6) is 11.5 Å². The molecule has 0 aliphatic heterocycles. The zero-order valence-corrected chi connectivity index (χ0v) is 18.1. The molecule has 0 bridgehead atoms. The SMILES string of the molecule is Cc1cc(C(C#N)c2ccc(Cl)cc2)c(Cl)cc1NC(=O)c1ccc(O)c(O)c1S. The molecular formula is C22H16Cl2N2O3S. The maximum absolute atomic E-state index is 12.6. The molecule has 0 heterocycles. The Labute approximate surface area is 188 Å². The molecule has 1 amide bonds. The fraction of sp³-hybridized carbons (Fsp3) is 0.0909. The molecule has 0 saturated carbocycles. The molecule has 1 unspecified atom stereocenters. The highest BCUT2D eigenvalue weighted by Gasteiger charge is 2.20. The van der Waals surface area contributed by atoms with Gasteiger partial charge in [-0.3, -0.25) is 4.79 Å². The second kappa shape index (κ2) is 8.88. The van der Waals surface area contributed by atoms with Crippen LogP contribution in [0.2, 0.25) is 10.0 Å². The Balaban J connectivity index is 1.93. The maximum atomic E-state index is 12.6. The van der Waals surface area contributed by atoms with E-state index in [1.807, 2.05) is 0 Å². The molecule has 8 heteroatoms. The van der Waals surface area contributed by atoms with Crippen LogP contribution in [0.1, 0.15) is 33.0 Å². The number of nitrogens with one attached hydrogen (secondary N) is 1. The number of carbonyl (C=O) groups is 1. The minimum absolute atomic E-state index is 0.0415. The summed E-state index contributed by atoms with van der Waals surface area (Å²) in [4.78, 5) is 12.6. The van der Waals surface area contributed by atoms with Gasteiger partial charge in [-0.25, -0.2) is 0 Å². The van der Waals surface area contributed by atoms with Crippen LogP contribution in [0.15, 0.2) is 53.4 Å². The number of carbonyl (C=O) groups excluding carboxylic acids is 1. The van der Waals surface area contributed by atoms with E-state index in [9.17, 15) is 20.3 Å². The van der Waals surface area contributed by atoms with Crippen LogP contribution in [0.3, 0.4) is 0 Å². The molecule has 0 spiro atoms. The van der Waals surface area contributed by atoms with Crippen molar-refractivity contribution in [2.24, 2.45) is 0 Å². The summed E-state index contributed by atoms with van der Waals surface area (Å²) in [5, 5.41) is 32.6. The second-order valence-electron chi connectivity index (χ2n) is 6.59. The van der Waals surface area contributed by atoms with Gasteiger partial charge in [-0.15, -0.1) is 12.6 Å². The van der Waals surface area contributed by atoms with Gasteiger partial charge in [-0.05, 0) is 53.9 Å². The van der Waals surface area contributed by atoms with Crippen LogP contribution >= 0.6 is 35.8 Å². The quantitative estimate of drug-likeness (QED) is 0.288. The van der Waals surface area contributed by atoms with E-state index in [1.165, 1.54) is 12.1 Å². The molecule has 0 aliphatic carbocycles. The molecule has 3 aromatic carbocycles. The Morgan fingerprint density at radius 2 is 1.80 bits per heavy atom. The van der Waals surface area contributed by atoms with E-state index < -0.39 is 17.6 Å². The molecule has 3 aromatic rings. The predicted molar refractivity (Wildman–Crippen MR) is 120 cm³/mol. The number of benzene rings is 3. The first-order chi connectivity index (χ1) is 14.2. The van der Waals surface area contributed by atoms with Crippen molar-refractivity contribution in [3.05, 3.63) is 80.8 Å². The molecule has 3 N–H and O–H groups in total. The normalized spacial score (nSPS) is 11.6. The zero-order chi connectivity index (χ0) is 22.0. The number of thiol groups is 1. The number of aryl methyl sites for hydroxylation is 1. The highest BCUT2D eigenvalue weighted by molar-refractivity contribution is 7.80.